The molecule has 2 aromatic rings. The summed E-state index contributed by atoms with van der Waals surface area (Å²) in [6, 6.07) is 7.32. The smallest absolute Gasteiger partial charge is 0.250 e. The van der Waals surface area contributed by atoms with Crippen molar-refractivity contribution in [2.75, 3.05) is 24.7 Å². The van der Waals surface area contributed by atoms with Crippen molar-refractivity contribution in [3.05, 3.63) is 41.1 Å². The highest BCUT2D eigenvalue weighted by Crippen LogP contribution is 2.46. The first-order valence-corrected chi connectivity index (χ1v) is 13.1. The van der Waals surface area contributed by atoms with Crippen molar-refractivity contribution in [1.29, 1.82) is 0 Å². The van der Waals surface area contributed by atoms with E-state index in [9.17, 15) is 13.2 Å². The SMILES string of the molecule is C[C@H]1COCCN1c1nc(-c2ccc(CC(=O)CC3CC3)cc2)nc2c1CS(=O)(=O)C2(C)F. The highest BCUT2D eigenvalue weighted by molar-refractivity contribution is 7.91. The summed E-state index contributed by atoms with van der Waals surface area (Å²) >= 11 is 0. The topological polar surface area (TPSA) is 89.5 Å². The molecule has 2 aliphatic heterocycles. The third-order valence-corrected chi connectivity index (χ3v) is 8.82. The average molecular weight is 474 g/mol. The fourth-order valence-electron chi connectivity index (χ4n) is 4.57. The number of halogens is 1. The number of ether oxygens (including phenoxy) is 1. The summed E-state index contributed by atoms with van der Waals surface area (Å²) in [6.45, 7) is 4.54. The van der Waals surface area contributed by atoms with Gasteiger partial charge in [-0.05, 0) is 38.2 Å². The van der Waals surface area contributed by atoms with Gasteiger partial charge in [-0.3, -0.25) is 4.79 Å². The van der Waals surface area contributed by atoms with Gasteiger partial charge >= 0.3 is 0 Å². The number of hydrogen-bond donors (Lipinski definition) is 0. The zero-order valence-electron chi connectivity index (χ0n) is 18.9. The lowest BCUT2D eigenvalue weighted by atomic mass is 10.0. The summed E-state index contributed by atoms with van der Waals surface area (Å²) in [5.41, 5.74) is 1.81. The molecule has 0 N–H and O–H groups in total. The Kier molecular flexibility index (Phi) is 5.52. The van der Waals surface area contributed by atoms with Crippen molar-refractivity contribution < 1.29 is 22.3 Å². The number of nitrogens with zero attached hydrogens (tertiary/aromatic N) is 3. The number of Topliss-reactive ketones (excluding diaryl/α,β-unsaturated/α-hetero) is 1. The van der Waals surface area contributed by atoms with Crippen molar-refractivity contribution in [2.45, 2.75) is 56.3 Å². The predicted octanol–water partition coefficient (Wildman–Crippen LogP) is 3.35. The van der Waals surface area contributed by atoms with E-state index in [1.807, 2.05) is 36.1 Å². The van der Waals surface area contributed by atoms with Crippen molar-refractivity contribution in [1.82, 2.24) is 9.97 Å². The number of anilines is 1. The molecule has 9 heteroatoms. The van der Waals surface area contributed by atoms with Gasteiger partial charge < -0.3 is 9.64 Å². The van der Waals surface area contributed by atoms with Crippen LogP contribution >= 0.6 is 0 Å². The normalized spacial score (nSPS) is 26.3. The highest BCUT2D eigenvalue weighted by Gasteiger charge is 2.52. The first-order valence-electron chi connectivity index (χ1n) is 11.4. The number of carbonyl (C=O) groups excluding carboxylic acids is 1. The molecule has 0 radical (unpaired) electrons. The summed E-state index contributed by atoms with van der Waals surface area (Å²) in [7, 11) is -4.05. The average Bonchev–Trinajstić information content (AvgIpc) is 3.55. The molecule has 176 valence electrons. The van der Waals surface area contributed by atoms with Crippen LogP contribution in [0.25, 0.3) is 11.4 Å². The predicted molar refractivity (Wildman–Crippen MR) is 122 cm³/mol. The number of morpholine rings is 1. The third-order valence-electron chi connectivity index (χ3n) is 6.79. The first kappa shape index (κ1) is 22.4. The van der Waals surface area contributed by atoms with E-state index in [-0.39, 0.29) is 23.3 Å². The molecule has 33 heavy (non-hydrogen) atoms. The summed E-state index contributed by atoms with van der Waals surface area (Å²) in [4.78, 5) is 23.3. The molecule has 2 fully saturated rings. The largest absolute Gasteiger partial charge is 0.377 e. The maximum absolute atomic E-state index is 15.5. The standard InChI is InChI=1S/C24H28FN3O4S/c1-15-13-32-10-9-28(15)23-20-14-33(30,31)24(2,25)21(20)26-22(27-23)18-7-5-17(6-8-18)12-19(29)11-16-3-4-16/h5-8,15-16H,3-4,9-14H2,1-2H3/t15-,24?/m0/s1. The van der Waals surface area contributed by atoms with E-state index < -0.39 is 20.6 Å². The van der Waals surface area contributed by atoms with Gasteiger partial charge in [0.05, 0.1) is 25.0 Å². The lowest BCUT2D eigenvalue weighted by Gasteiger charge is -2.35. The minimum atomic E-state index is -4.05. The molecule has 3 heterocycles. The van der Waals surface area contributed by atoms with Crippen LogP contribution in [0.1, 0.15) is 49.9 Å². The number of hydrogen-bond acceptors (Lipinski definition) is 7. The van der Waals surface area contributed by atoms with Gasteiger partial charge in [0, 0.05) is 30.5 Å². The molecule has 1 saturated carbocycles. The Hall–Kier alpha value is -2.39. The van der Waals surface area contributed by atoms with Crippen LogP contribution in [0.2, 0.25) is 0 Å². The second-order valence-corrected chi connectivity index (χ2v) is 11.8. The van der Waals surface area contributed by atoms with Gasteiger partial charge in [0.2, 0.25) is 5.00 Å². The molecule has 0 bridgehead atoms. The Morgan fingerprint density at radius 1 is 1.24 bits per heavy atom. The second kappa shape index (κ2) is 8.13. The molecule has 1 unspecified atom stereocenters. The molecule has 1 aliphatic carbocycles. The van der Waals surface area contributed by atoms with Crippen LogP contribution in [-0.2, 0) is 36.5 Å². The van der Waals surface area contributed by atoms with E-state index in [0.717, 1.165) is 25.3 Å². The van der Waals surface area contributed by atoms with Crippen molar-refractivity contribution in [3.63, 3.8) is 0 Å². The van der Waals surface area contributed by atoms with Crippen molar-refractivity contribution >= 4 is 21.4 Å². The lowest BCUT2D eigenvalue weighted by molar-refractivity contribution is -0.118. The minimum absolute atomic E-state index is 0.0281. The Labute approximate surface area is 193 Å². The lowest BCUT2D eigenvalue weighted by Crippen LogP contribution is -2.44. The second-order valence-electron chi connectivity index (χ2n) is 9.55. The molecule has 7 nitrogen and oxygen atoms in total. The highest BCUT2D eigenvalue weighted by atomic mass is 32.2. The quantitative estimate of drug-likeness (QED) is 0.636. The van der Waals surface area contributed by atoms with Crippen LogP contribution in [-0.4, -0.2) is 50.0 Å². The molecule has 1 aromatic heterocycles. The summed E-state index contributed by atoms with van der Waals surface area (Å²) in [5.74, 6) is 1.11. The monoisotopic (exact) mass is 473 g/mol. The molecule has 0 spiro atoms. The molecule has 2 atom stereocenters. The number of carbonyl (C=O) groups is 1. The molecular weight excluding hydrogens is 445 g/mol. The van der Waals surface area contributed by atoms with Gasteiger partial charge in [-0.15, -0.1) is 0 Å². The molecule has 3 aliphatic rings. The van der Waals surface area contributed by atoms with E-state index in [1.165, 1.54) is 0 Å². The van der Waals surface area contributed by atoms with Gasteiger partial charge in [-0.25, -0.2) is 22.8 Å². The van der Waals surface area contributed by atoms with E-state index in [1.54, 1.807) is 0 Å². The van der Waals surface area contributed by atoms with E-state index in [0.29, 0.717) is 55.5 Å². The molecule has 0 amide bonds. The summed E-state index contributed by atoms with van der Waals surface area (Å²) in [5, 5.41) is -2.57. The van der Waals surface area contributed by atoms with Crippen LogP contribution in [0.4, 0.5) is 10.2 Å². The van der Waals surface area contributed by atoms with Gasteiger partial charge in [0.25, 0.3) is 0 Å². The van der Waals surface area contributed by atoms with Crippen molar-refractivity contribution in [3.8, 4) is 11.4 Å². The minimum Gasteiger partial charge on any atom is -0.377 e. The van der Waals surface area contributed by atoms with Gasteiger partial charge in [-0.1, -0.05) is 24.3 Å². The number of benzene rings is 1. The van der Waals surface area contributed by atoms with Gasteiger partial charge in [0.15, 0.2) is 15.7 Å². The fraction of sp³-hybridized carbons (Fsp3) is 0.542. The van der Waals surface area contributed by atoms with E-state index >= 15 is 4.39 Å². The Bertz CT molecular complexity index is 1190. The number of sulfone groups is 1. The van der Waals surface area contributed by atoms with Crippen LogP contribution in [0, 0.1) is 5.92 Å². The van der Waals surface area contributed by atoms with Crippen LogP contribution in [0.15, 0.2) is 24.3 Å². The van der Waals surface area contributed by atoms with E-state index in [2.05, 4.69) is 4.98 Å². The van der Waals surface area contributed by atoms with Gasteiger partial charge in [0.1, 0.15) is 17.3 Å². The van der Waals surface area contributed by atoms with Gasteiger partial charge in [-0.2, -0.15) is 0 Å². The molecule has 5 rings (SSSR count). The molecule has 1 aromatic carbocycles. The first-order chi connectivity index (χ1) is 15.7. The zero-order valence-corrected chi connectivity index (χ0v) is 19.7. The number of ketones is 1. The number of fused-ring (bicyclic) bond motifs is 1. The maximum atomic E-state index is 15.5. The fourth-order valence-corrected chi connectivity index (χ4v) is 5.95. The third kappa shape index (κ3) is 4.17. The molecular formula is C24H28FN3O4S. The number of rotatable bonds is 6. The zero-order chi connectivity index (χ0) is 23.4. The van der Waals surface area contributed by atoms with Crippen LogP contribution in [0.3, 0.4) is 0 Å². The Morgan fingerprint density at radius 3 is 2.64 bits per heavy atom. The molecule has 1 saturated heterocycles. The maximum Gasteiger partial charge on any atom is 0.250 e. The van der Waals surface area contributed by atoms with Crippen LogP contribution in [0.5, 0.6) is 0 Å². The van der Waals surface area contributed by atoms with E-state index in [4.69, 9.17) is 9.72 Å². The summed E-state index contributed by atoms with van der Waals surface area (Å²) < 4.78 is 46.2. The van der Waals surface area contributed by atoms with Crippen LogP contribution < -0.4 is 4.90 Å². The Morgan fingerprint density at radius 2 is 1.97 bits per heavy atom. The van der Waals surface area contributed by atoms with Crippen molar-refractivity contribution in [2.24, 2.45) is 5.92 Å². The number of aromatic nitrogens is 2. The summed E-state index contributed by atoms with van der Waals surface area (Å²) in [6.07, 6.45) is 3.32. The Balaban J connectivity index is 1.51. The number of alkyl halides is 1.